The minimum Gasteiger partial charge on any atom is -0.152 e. The molecule has 0 amide bonds. The molecule has 6 heavy (non-hydrogen) atoms. The molecule has 0 unspecified atom stereocenters. The van der Waals surface area contributed by atoms with Crippen LogP contribution in [-0.4, -0.2) is 0 Å². The van der Waals surface area contributed by atoms with Gasteiger partial charge in [0.05, 0.1) is 4.11 Å². The predicted molar refractivity (Wildman–Crippen MR) is 29.1 cm³/mol. The van der Waals surface area contributed by atoms with Crippen molar-refractivity contribution in [3.63, 3.8) is 0 Å². The van der Waals surface area contributed by atoms with E-state index in [2.05, 4.69) is 0 Å². The Balaban J connectivity index is 3.29. The normalized spacial score (nSPS) is 15.8. The van der Waals surface area contributed by atoms with Crippen molar-refractivity contribution >= 4 is 11.3 Å². The smallest absolute Gasteiger partial charge is 0.0742 e. The molecule has 1 heterocycles. The Hall–Kier alpha value is -0.300. The molecule has 0 nitrogen and oxygen atoms in total. The maximum Gasteiger partial charge on any atom is 0.0742 e. The second kappa shape index (κ2) is 1.43. The van der Waals surface area contributed by atoms with Gasteiger partial charge in [0.25, 0.3) is 0 Å². The lowest BCUT2D eigenvalue weighted by Gasteiger charge is -1.65. The van der Waals surface area contributed by atoms with Crippen LogP contribution >= 0.6 is 11.3 Å². The van der Waals surface area contributed by atoms with Crippen LogP contribution in [0.25, 0.3) is 0 Å². The number of rotatable bonds is 0. The minimum atomic E-state index is 0.192. The fourth-order valence-corrected chi connectivity index (χ4v) is 0.689. The van der Waals surface area contributed by atoms with E-state index in [-0.39, 0.29) is 11.4 Å². The fourth-order valence-electron chi connectivity index (χ4n) is 0.230. The monoisotopic (exact) mass is 101 g/mol. The van der Waals surface area contributed by atoms with Gasteiger partial charge in [0, 0.05) is 0 Å². The van der Waals surface area contributed by atoms with Gasteiger partial charge in [-0.05, 0) is 29.2 Å². The van der Waals surface area contributed by atoms with E-state index in [9.17, 15) is 0 Å². The highest BCUT2D eigenvalue weighted by atomic mass is 32.1. The van der Waals surface area contributed by atoms with Gasteiger partial charge in [0.2, 0.25) is 0 Å². The van der Waals surface area contributed by atoms with Crippen LogP contribution in [0.15, 0.2) is 16.8 Å². The van der Waals surface area contributed by atoms with Crippen molar-refractivity contribution < 1.29 is 4.11 Å². The molecule has 0 aromatic carbocycles. The van der Waals surface area contributed by atoms with Crippen molar-refractivity contribution in [3.8, 4) is 0 Å². The van der Waals surface area contributed by atoms with Crippen LogP contribution in [0.5, 0.6) is 0 Å². The first-order valence-electron chi connectivity index (χ1n) is 3.16. The summed E-state index contributed by atoms with van der Waals surface area (Å²) in [5.74, 6) is 0. The van der Waals surface area contributed by atoms with Crippen molar-refractivity contribution in [1.82, 2.24) is 0 Å². The van der Waals surface area contributed by atoms with Gasteiger partial charge in [0.15, 0.2) is 0 Å². The lowest BCUT2D eigenvalue weighted by atomic mass is 10.4. The molecule has 1 rings (SSSR count). The Morgan fingerprint density at radius 2 is 2.83 bits per heavy atom. The topological polar surface area (TPSA) is 0 Å². The summed E-state index contributed by atoms with van der Waals surface area (Å²) in [5, 5.41) is 0.530. The molecule has 0 bridgehead atoms. The molecule has 1 aromatic rings. The summed E-state index contributed by atoms with van der Waals surface area (Å²) < 4.78 is 21.4. The van der Waals surface area contributed by atoms with Gasteiger partial charge in [-0.1, -0.05) is 0 Å². The molecule has 0 fully saturated rings. The van der Waals surface area contributed by atoms with E-state index < -0.39 is 0 Å². The summed E-state index contributed by atoms with van der Waals surface area (Å²) in [5.41, 5.74) is 0.616. The zero-order chi connectivity index (χ0) is 7.02. The largest absolute Gasteiger partial charge is 0.152 e. The highest BCUT2D eigenvalue weighted by molar-refractivity contribution is 7.07. The van der Waals surface area contributed by atoms with Crippen LogP contribution in [-0.2, 0) is 0 Å². The highest BCUT2D eigenvalue weighted by Crippen LogP contribution is 2.01. The van der Waals surface area contributed by atoms with E-state index in [4.69, 9.17) is 4.11 Å². The van der Waals surface area contributed by atoms with E-state index in [1.165, 1.54) is 0 Å². The zero-order valence-electron chi connectivity index (χ0n) is 6.41. The molecule has 32 valence electrons. The quantitative estimate of drug-likeness (QED) is 0.469. The van der Waals surface area contributed by atoms with Crippen molar-refractivity contribution in [2.24, 2.45) is 0 Å². The molecule has 0 saturated heterocycles. The molecule has 1 heteroatoms. The maximum absolute atomic E-state index is 7.17. The van der Waals surface area contributed by atoms with Crippen LogP contribution in [0.2, 0.25) is 0 Å². The van der Waals surface area contributed by atoms with Gasteiger partial charge < -0.3 is 0 Å². The van der Waals surface area contributed by atoms with E-state index in [0.29, 0.717) is 10.9 Å². The third-order valence-corrected chi connectivity index (χ3v) is 1.11. The molecule has 0 atom stereocenters. The lowest BCUT2D eigenvalue weighted by Crippen LogP contribution is -1.47. The third kappa shape index (κ3) is 0.601. The Morgan fingerprint density at radius 3 is 3.00 bits per heavy atom. The van der Waals surface area contributed by atoms with Crippen molar-refractivity contribution in [2.75, 3.05) is 0 Å². The summed E-state index contributed by atoms with van der Waals surface area (Å²) in [4.78, 5) is 0. The molecule has 0 aliphatic heterocycles. The second-order valence-electron chi connectivity index (χ2n) is 1.06. The van der Waals surface area contributed by atoms with Crippen molar-refractivity contribution in [3.05, 3.63) is 22.3 Å². The lowest BCUT2D eigenvalue weighted by molar-refractivity contribution is 1.56. The average Bonchev–Trinajstić information content (AvgIpc) is 1.98. The Kier molecular flexibility index (Phi) is 0.397. The standard InChI is InChI=1S/C5H6S/c1-5-2-3-6-4-5/h2-4H,1H3/i2D,3D,4D. The summed E-state index contributed by atoms with van der Waals surface area (Å²) in [6.07, 6.45) is 0. The van der Waals surface area contributed by atoms with Gasteiger partial charge in [-0.3, -0.25) is 0 Å². The van der Waals surface area contributed by atoms with Crippen molar-refractivity contribution in [2.45, 2.75) is 6.92 Å². The second-order valence-corrected chi connectivity index (χ2v) is 1.67. The SMILES string of the molecule is [2H]c1sc([2H])c(C)c1[2H]. The molecule has 0 radical (unpaired) electrons. The van der Waals surface area contributed by atoms with Crippen LogP contribution in [0.1, 0.15) is 9.68 Å². The number of hydrogen-bond donors (Lipinski definition) is 0. The van der Waals surface area contributed by atoms with Gasteiger partial charge >= 0.3 is 0 Å². The van der Waals surface area contributed by atoms with Gasteiger partial charge in [-0.2, -0.15) is 11.3 Å². The van der Waals surface area contributed by atoms with Crippen LogP contribution in [0.4, 0.5) is 0 Å². The minimum absolute atomic E-state index is 0.192. The summed E-state index contributed by atoms with van der Waals surface area (Å²) in [6, 6.07) is 0.199. The van der Waals surface area contributed by atoms with Crippen LogP contribution in [0.3, 0.4) is 0 Å². The fraction of sp³-hybridized carbons (Fsp3) is 0.200. The predicted octanol–water partition coefficient (Wildman–Crippen LogP) is 2.06. The van der Waals surface area contributed by atoms with Crippen LogP contribution in [0, 0.1) is 6.92 Å². The maximum atomic E-state index is 7.17. The molecule has 0 spiro atoms. The first-order chi connectivity index (χ1) is 4.13. The molecule has 0 N–H and O–H groups in total. The first-order valence-corrected chi connectivity index (χ1v) is 2.47. The zero-order valence-corrected chi connectivity index (χ0v) is 4.22. The molecule has 1 aromatic heterocycles. The Labute approximate surface area is 45.7 Å². The molecular weight excluding hydrogens is 92.1 g/mol. The van der Waals surface area contributed by atoms with E-state index in [0.717, 1.165) is 11.3 Å². The Morgan fingerprint density at radius 1 is 2.00 bits per heavy atom. The first kappa shape index (κ1) is 1.66. The van der Waals surface area contributed by atoms with Gasteiger partial charge in [-0.15, -0.1) is 0 Å². The summed E-state index contributed by atoms with van der Waals surface area (Å²) in [6.45, 7) is 1.69. The number of hydrogen-bond acceptors (Lipinski definition) is 1. The molecule has 0 aliphatic rings. The van der Waals surface area contributed by atoms with E-state index >= 15 is 0 Å². The van der Waals surface area contributed by atoms with Crippen LogP contribution < -0.4 is 0 Å². The Bertz CT molecular complexity index is 206. The van der Waals surface area contributed by atoms with E-state index in [1.807, 2.05) is 0 Å². The number of thiophene rings is 1. The summed E-state index contributed by atoms with van der Waals surface area (Å²) >= 11 is 1.04. The molecular formula is C5H6S. The average molecular weight is 101 g/mol. The van der Waals surface area contributed by atoms with Gasteiger partial charge in [0.1, 0.15) is 0 Å². The summed E-state index contributed by atoms with van der Waals surface area (Å²) in [7, 11) is 0. The molecule has 0 saturated carbocycles. The van der Waals surface area contributed by atoms with E-state index in [1.54, 1.807) is 6.92 Å². The highest BCUT2D eigenvalue weighted by Gasteiger charge is 1.74. The molecule has 0 aliphatic carbocycles. The van der Waals surface area contributed by atoms with Crippen molar-refractivity contribution in [1.29, 1.82) is 0 Å². The third-order valence-electron chi connectivity index (χ3n) is 0.494. The van der Waals surface area contributed by atoms with Gasteiger partial charge in [-0.25, -0.2) is 0 Å².